The molecule has 1 aromatic carbocycles. The third kappa shape index (κ3) is 3.08. The number of benzene rings is 1. The maximum Gasteiger partial charge on any atom is 0.534 e. The van der Waals surface area contributed by atoms with Gasteiger partial charge < -0.3 is 4.18 Å². The van der Waals surface area contributed by atoms with Crippen molar-refractivity contribution >= 4 is 21.0 Å². The van der Waals surface area contributed by atoms with Crippen molar-refractivity contribution in [2.24, 2.45) is 0 Å². The second kappa shape index (κ2) is 5.00. The Balaban J connectivity index is 2.66. The smallest absolute Gasteiger partial charge is 0.355 e. The first kappa shape index (κ1) is 16.3. The molecule has 120 valence electrons. The van der Waals surface area contributed by atoms with E-state index in [-0.39, 0.29) is 10.9 Å². The van der Waals surface area contributed by atoms with Crippen molar-refractivity contribution in [3.8, 4) is 5.88 Å². The van der Waals surface area contributed by atoms with E-state index in [9.17, 15) is 34.8 Å². The summed E-state index contributed by atoms with van der Waals surface area (Å²) < 4.78 is 101. The minimum Gasteiger partial charge on any atom is -0.355 e. The fourth-order valence-electron chi connectivity index (χ4n) is 1.52. The molecule has 0 unspecified atom stereocenters. The molecule has 1 heterocycles. The van der Waals surface area contributed by atoms with E-state index in [2.05, 4.69) is 9.17 Å². The Morgan fingerprint density at radius 1 is 1.00 bits per heavy atom. The number of pyridine rings is 1. The van der Waals surface area contributed by atoms with Gasteiger partial charge in [0.05, 0.1) is 5.52 Å². The molecule has 0 saturated carbocycles. The summed E-state index contributed by atoms with van der Waals surface area (Å²) in [6, 6.07) is 5.65. The highest BCUT2D eigenvalue weighted by molar-refractivity contribution is 7.87. The standard InChI is InChI=1S/C11H5F6NO3S/c12-10(13,14)7-5-6-3-1-2-4-8(6)18-9(7)21-22(19,20)11(15,16)17/h1-5H. The average molecular weight is 345 g/mol. The first-order valence-corrected chi connectivity index (χ1v) is 6.80. The highest BCUT2D eigenvalue weighted by Crippen LogP contribution is 2.38. The first-order valence-electron chi connectivity index (χ1n) is 5.39. The highest BCUT2D eigenvalue weighted by atomic mass is 32.2. The third-order valence-electron chi connectivity index (χ3n) is 2.47. The number of aromatic nitrogens is 1. The molecule has 22 heavy (non-hydrogen) atoms. The van der Waals surface area contributed by atoms with Crippen LogP contribution in [0.4, 0.5) is 26.3 Å². The van der Waals surface area contributed by atoms with E-state index in [0.717, 1.165) is 0 Å². The Hall–Kier alpha value is -2.04. The number of hydrogen-bond donors (Lipinski definition) is 0. The second-order valence-corrected chi connectivity index (χ2v) is 5.55. The molecule has 2 rings (SSSR count). The molecule has 0 aliphatic rings. The lowest BCUT2D eigenvalue weighted by Crippen LogP contribution is -2.29. The van der Waals surface area contributed by atoms with E-state index in [1.165, 1.54) is 24.3 Å². The molecule has 0 aliphatic carbocycles. The van der Waals surface area contributed by atoms with E-state index in [1.807, 2.05) is 0 Å². The zero-order valence-electron chi connectivity index (χ0n) is 10.2. The summed E-state index contributed by atoms with van der Waals surface area (Å²) in [5, 5.41) is -0.0356. The monoisotopic (exact) mass is 345 g/mol. The molecule has 0 bridgehead atoms. The van der Waals surface area contributed by atoms with E-state index in [4.69, 9.17) is 0 Å². The highest BCUT2D eigenvalue weighted by Gasteiger charge is 2.50. The molecule has 0 radical (unpaired) electrons. The molecule has 0 atom stereocenters. The summed E-state index contributed by atoms with van der Waals surface area (Å²) in [5.74, 6) is -1.68. The average Bonchev–Trinajstić information content (AvgIpc) is 2.34. The number of alkyl halides is 6. The lowest BCUT2D eigenvalue weighted by atomic mass is 10.1. The van der Waals surface area contributed by atoms with Crippen LogP contribution in [-0.2, 0) is 16.3 Å². The number of nitrogens with zero attached hydrogens (tertiary/aromatic N) is 1. The van der Waals surface area contributed by atoms with Crippen LogP contribution in [0.5, 0.6) is 5.88 Å². The van der Waals surface area contributed by atoms with Gasteiger partial charge in [0.25, 0.3) is 0 Å². The van der Waals surface area contributed by atoms with Crippen LogP contribution in [-0.4, -0.2) is 18.9 Å². The van der Waals surface area contributed by atoms with Crippen molar-refractivity contribution in [1.82, 2.24) is 4.98 Å². The van der Waals surface area contributed by atoms with Crippen LogP contribution in [0.1, 0.15) is 5.56 Å². The van der Waals surface area contributed by atoms with Crippen LogP contribution >= 0.6 is 0 Å². The topological polar surface area (TPSA) is 56.3 Å². The lowest BCUT2D eigenvalue weighted by Gasteiger charge is -2.14. The minimum atomic E-state index is -6.26. The van der Waals surface area contributed by atoms with Gasteiger partial charge in [0.1, 0.15) is 5.56 Å². The summed E-state index contributed by atoms with van der Waals surface area (Å²) in [7, 11) is -6.26. The van der Waals surface area contributed by atoms with Gasteiger partial charge in [-0.05, 0) is 12.1 Å². The molecule has 11 heteroatoms. The van der Waals surface area contributed by atoms with Crippen LogP contribution in [0.25, 0.3) is 10.9 Å². The molecule has 0 N–H and O–H groups in total. The number of halogens is 6. The maximum absolute atomic E-state index is 12.9. The number of para-hydroxylation sites is 1. The SMILES string of the molecule is O=S(=O)(Oc1nc2ccccc2cc1C(F)(F)F)C(F)(F)F. The summed E-state index contributed by atoms with van der Waals surface area (Å²) in [6.07, 6.45) is -5.15. The van der Waals surface area contributed by atoms with E-state index < -0.39 is 33.2 Å². The van der Waals surface area contributed by atoms with Crippen molar-refractivity contribution in [1.29, 1.82) is 0 Å². The van der Waals surface area contributed by atoms with Crippen molar-refractivity contribution in [2.45, 2.75) is 11.7 Å². The van der Waals surface area contributed by atoms with Gasteiger partial charge in [-0.3, -0.25) is 0 Å². The van der Waals surface area contributed by atoms with Gasteiger partial charge in [0.2, 0.25) is 5.88 Å². The Morgan fingerprint density at radius 2 is 1.59 bits per heavy atom. The van der Waals surface area contributed by atoms with Crippen molar-refractivity contribution in [3.05, 3.63) is 35.9 Å². The number of hydrogen-bond acceptors (Lipinski definition) is 4. The molecule has 0 aliphatic heterocycles. The third-order valence-corrected chi connectivity index (χ3v) is 3.41. The molecule has 1 aromatic heterocycles. The van der Waals surface area contributed by atoms with Crippen molar-refractivity contribution in [2.75, 3.05) is 0 Å². The lowest BCUT2D eigenvalue weighted by molar-refractivity contribution is -0.138. The Labute approximate surface area is 119 Å². The van der Waals surface area contributed by atoms with Crippen LogP contribution in [0.3, 0.4) is 0 Å². The summed E-state index contributed by atoms with van der Waals surface area (Å²) in [4.78, 5) is 3.22. The molecule has 0 fully saturated rings. The second-order valence-electron chi connectivity index (χ2n) is 4.01. The van der Waals surface area contributed by atoms with E-state index in [0.29, 0.717) is 6.07 Å². The zero-order chi connectivity index (χ0) is 16.8. The largest absolute Gasteiger partial charge is 0.534 e. The van der Waals surface area contributed by atoms with Gasteiger partial charge in [-0.2, -0.15) is 34.8 Å². The van der Waals surface area contributed by atoms with E-state index >= 15 is 0 Å². The molecule has 0 saturated heterocycles. The molecule has 0 spiro atoms. The molecule has 4 nitrogen and oxygen atoms in total. The van der Waals surface area contributed by atoms with Crippen LogP contribution < -0.4 is 4.18 Å². The quantitative estimate of drug-likeness (QED) is 0.475. The van der Waals surface area contributed by atoms with Crippen molar-refractivity contribution < 1.29 is 38.9 Å². The molecule has 0 amide bonds. The normalized spacial score (nSPS) is 13.4. The fraction of sp³-hybridized carbons (Fsp3) is 0.182. The Bertz CT molecular complexity index is 813. The van der Waals surface area contributed by atoms with Gasteiger partial charge in [-0.25, -0.2) is 4.98 Å². The zero-order valence-corrected chi connectivity index (χ0v) is 11.1. The Kier molecular flexibility index (Phi) is 3.71. The maximum atomic E-state index is 12.9. The van der Waals surface area contributed by atoms with Crippen LogP contribution in [0.15, 0.2) is 30.3 Å². The number of rotatable bonds is 2. The fourth-order valence-corrected chi connectivity index (χ4v) is 1.95. The van der Waals surface area contributed by atoms with E-state index in [1.54, 1.807) is 0 Å². The summed E-state index contributed by atoms with van der Waals surface area (Å²) in [6.45, 7) is 0. The molecular formula is C11H5F6NO3S. The predicted octanol–water partition coefficient (Wildman–Crippen LogP) is 3.48. The predicted molar refractivity (Wildman–Crippen MR) is 62.3 cm³/mol. The number of fused-ring (bicyclic) bond motifs is 1. The summed E-state index contributed by atoms with van der Waals surface area (Å²) >= 11 is 0. The minimum absolute atomic E-state index is 0.0356. The van der Waals surface area contributed by atoms with Gasteiger partial charge >= 0.3 is 21.8 Å². The van der Waals surface area contributed by atoms with Crippen LogP contribution in [0, 0.1) is 0 Å². The van der Waals surface area contributed by atoms with Crippen molar-refractivity contribution in [3.63, 3.8) is 0 Å². The Morgan fingerprint density at radius 3 is 2.14 bits per heavy atom. The molecule has 2 aromatic rings. The van der Waals surface area contributed by atoms with Gasteiger partial charge in [-0.15, -0.1) is 0 Å². The van der Waals surface area contributed by atoms with Crippen LogP contribution in [0.2, 0.25) is 0 Å². The van der Waals surface area contributed by atoms with Gasteiger partial charge in [-0.1, -0.05) is 18.2 Å². The van der Waals surface area contributed by atoms with Gasteiger partial charge in [0.15, 0.2) is 0 Å². The summed E-state index contributed by atoms with van der Waals surface area (Å²) in [5.41, 5.74) is -7.75. The van der Waals surface area contributed by atoms with Gasteiger partial charge in [0, 0.05) is 5.39 Å². The molecular weight excluding hydrogens is 340 g/mol. The first-order chi connectivity index (χ1) is 9.92.